The monoisotopic (exact) mass is 329 g/mol. The maximum atomic E-state index is 12.7. The van der Waals surface area contributed by atoms with Crippen LogP contribution in [-0.4, -0.2) is 45.7 Å². The number of para-hydroxylation sites is 1. The molecule has 6 heteroatoms. The first-order valence-electron chi connectivity index (χ1n) is 8.56. The molecule has 6 nitrogen and oxygen atoms in total. The minimum absolute atomic E-state index is 0.116. The van der Waals surface area contributed by atoms with Crippen molar-refractivity contribution in [2.45, 2.75) is 51.7 Å². The van der Waals surface area contributed by atoms with Crippen molar-refractivity contribution in [1.82, 2.24) is 15.1 Å². The molecule has 1 aromatic carbocycles. The van der Waals surface area contributed by atoms with Gasteiger partial charge in [-0.3, -0.25) is 9.89 Å². The molecule has 1 aliphatic heterocycles. The van der Waals surface area contributed by atoms with Gasteiger partial charge in [-0.25, -0.2) is 4.79 Å². The molecule has 1 amide bonds. The van der Waals surface area contributed by atoms with Crippen LogP contribution in [0.25, 0.3) is 10.9 Å². The highest BCUT2D eigenvalue weighted by atomic mass is 16.5. The van der Waals surface area contributed by atoms with Crippen LogP contribution in [-0.2, 0) is 9.53 Å². The standard InChI is InChI=1S/C18H23N3O3/c1-3-13-8-6-7-11-21(13)17(22)12(2)24-18(23)16-14-9-4-5-10-15(14)19-20-16/h4-5,9-10,12-13H,3,6-8,11H2,1-2H3,(H,19,20)/t12-,13+/m1/s1. The van der Waals surface area contributed by atoms with E-state index in [1.807, 2.05) is 23.1 Å². The minimum atomic E-state index is -0.805. The zero-order valence-electron chi connectivity index (χ0n) is 14.1. The number of aromatic amines is 1. The van der Waals surface area contributed by atoms with E-state index < -0.39 is 12.1 Å². The van der Waals surface area contributed by atoms with E-state index in [9.17, 15) is 9.59 Å². The number of H-pyrrole nitrogens is 1. The third-order valence-corrected chi connectivity index (χ3v) is 4.68. The fourth-order valence-corrected chi connectivity index (χ4v) is 3.33. The van der Waals surface area contributed by atoms with E-state index in [-0.39, 0.29) is 17.6 Å². The summed E-state index contributed by atoms with van der Waals surface area (Å²) in [6.07, 6.45) is 3.30. The van der Waals surface area contributed by atoms with Crippen LogP contribution in [0.5, 0.6) is 0 Å². The SMILES string of the molecule is CC[C@H]1CCCCN1C(=O)[C@@H](C)OC(=O)c1n[nH]c2ccccc12. The molecule has 1 aromatic heterocycles. The summed E-state index contributed by atoms with van der Waals surface area (Å²) < 4.78 is 5.40. The average Bonchev–Trinajstić information content (AvgIpc) is 3.05. The average molecular weight is 329 g/mol. The molecule has 2 aromatic rings. The van der Waals surface area contributed by atoms with Gasteiger partial charge in [-0.2, -0.15) is 5.10 Å². The Balaban J connectivity index is 1.70. The van der Waals surface area contributed by atoms with E-state index in [4.69, 9.17) is 4.74 Å². The van der Waals surface area contributed by atoms with E-state index in [0.717, 1.165) is 37.7 Å². The smallest absolute Gasteiger partial charge is 0.360 e. The van der Waals surface area contributed by atoms with Crippen LogP contribution >= 0.6 is 0 Å². The fourth-order valence-electron chi connectivity index (χ4n) is 3.33. The lowest BCUT2D eigenvalue weighted by Gasteiger charge is -2.36. The Bertz CT molecular complexity index is 740. The summed E-state index contributed by atoms with van der Waals surface area (Å²) in [5.74, 6) is -0.687. The van der Waals surface area contributed by atoms with Crippen molar-refractivity contribution >= 4 is 22.8 Å². The summed E-state index contributed by atoms with van der Waals surface area (Å²) >= 11 is 0. The first-order chi connectivity index (χ1) is 11.6. The molecular weight excluding hydrogens is 306 g/mol. The van der Waals surface area contributed by atoms with E-state index in [0.29, 0.717) is 5.39 Å². The number of likely N-dealkylation sites (tertiary alicyclic amines) is 1. The third kappa shape index (κ3) is 3.13. The summed E-state index contributed by atoms with van der Waals surface area (Å²) in [4.78, 5) is 26.9. The number of carbonyl (C=O) groups excluding carboxylic acids is 2. The van der Waals surface area contributed by atoms with Gasteiger partial charge in [0.15, 0.2) is 11.8 Å². The maximum absolute atomic E-state index is 12.7. The number of ether oxygens (including phenoxy) is 1. The van der Waals surface area contributed by atoms with Gasteiger partial charge in [-0.1, -0.05) is 25.1 Å². The van der Waals surface area contributed by atoms with Gasteiger partial charge >= 0.3 is 5.97 Å². The van der Waals surface area contributed by atoms with Gasteiger partial charge < -0.3 is 9.64 Å². The highest BCUT2D eigenvalue weighted by Crippen LogP contribution is 2.22. The zero-order valence-corrected chi connectivity index (χ0v) is 14.1. The normalized spacial score (nSPS) is 19.2. The van der Waals surface area contributed by atoms with Crippen molar-refractivity contribution in [3.63, 3.8) is 0 Å². The number of benzene rings is 1. The molecule has 1 saturated heterocycles. The Kier molecular flexibility index (Phi) is 4.83. The van der Waals surface area contributed by atoms with Crippen LogP contribution in [0.2, 0.25) is 0 Å². The number of piperidine rings is 1. The molecule has 0 saturated carbocycles. The number of carbonyl (C=O) groups is 2. The number of amides is 1. The number of esters is 1. The van der Waals surface area contributed by atoms with E-state index in [2.05, 4.69) is 17.1 Å². The molecule has 2 heterocycles. The van der Waals surface area contributed by atoms with Crippen LogP contribution < -0.4 is 0 Å². The van der Waals surface area contributed by atoms with Crippen LogP contribution in [0.4, 0.5) is 0 Å². The molecule has 1 fully saturated rings. The molecule has 1 N–H and O–H groups in total. The number of nitrogens with zero attached hydrogens (tertiary/aromatic N) is 2. The summed E-state index contributed by atoms with van der Waals surface area (Å²) in [5.41, 5.74) is 0.987. The Morgan fingerprint density at radius 3 is 2.96 bits per heavy atom. The second-order valence-electron chi connectivity index (χ2n) is 6.25. The molecule has 1 aliphatic rings. The van der Waals surface area contributed by atoms with Crippen molar-refractivity contribution in [2.24, 2.45) is 0 Å². The second-order valence-corrected chi connectivity index (χ2v) is 6.25. The van der Waals surface area contributed by atoms with Crippen molar-refractivity contribution in [2.75, 3.05) is 6.54 Å². The molecule has 0 aliphatic carbocycles. The first-order valence-corrected chi connectivity index (χ1v) is 8.56. The maximum Gasteiger partial charge on any atom is 0.360 e. The van der Waals surface area contributed by atoms with Gasteiger partial charge in [0.1, 0.15) is 0 Å². The van der Waals surface area contributed by atoms with Crippen molar-refractivity contribution < 1.29 is 14.3 Å². The lowest BCUT2D eigenvalue weighted by Crippen LogP contribution is -2.48. The largest absolute Gasteiger partial charge is 0.448 e. The predicted molar refractivity (Wildman–Crippen MR) is 90.6 cm³/mol. The molecule has 0 bridgehead atoms. The van der Waals surface area contributed by atoms with Crippen LogP contribution in [0.1, 0.15) is 50.0 Å². The van der Waals surface area contributed by atoms with Gasteiger partial charge in [-0.15, -0.1) is 0 Å². The zero-order chi connectivity index (χ0) is 17.1. The Hall–Kier alpha value is -2.37. The van der Waals surface area contributed by atoms with Gasteiger partial charge in [0, 0.05) is 18.0 Å². The highest BCUT2D eigenvalue weighted by molar-refractivity contribution is 6.02. The van der Waals surface area contributed by atoms with Gasteiger partial charge in [0.2, 0.25) is 0 Å². The van der Waals surface area contributed by atoms with E-state index >= 15 is 0 Å². The Labute approximate surface area is 141 Å². The molecular formula is C18H23N3O3. The predicted octanol–water partition coefficient (Wildman–Crippen LogP) is 2.90. The molecule has 128 valence electrons. The number of nitrogens with one attached hydrogen (secondary N) is 1. The van der Waals surface area contributed by atoms with Gasteiger partial charge in [-0.05, 0) is 38.7 Å². The number of rotatable bonds is 4. The molecule has 0 radical (unpaired) electrons. The summed E-state index contributed by atoms with van der Waals surface area (Å²) in [7, 11) is 0. The Morgan fingerprint density at radius 1 is 1.38 bits per heavy atom. The van der Waals surface area contributed by atoms with Crippen LogP contribution in [0.3, 0.4) is 0 Å². The lowest BCUT2D eigenvalue weighted by atomic mass is 9.99. The first kappa shape index (κ1) is 16.5. The summed E-state index contributed by atoms with van der Waals surface area (Å²) in [6.45, 7) is 4.46. The lowest BCUT2D eigenvalue weighted by molar-refractivity contribution is -0.143. The Morgan fingerprint density at radius 2 is 2.17 bits per heavy atom. The minimum Gasteiger partial charge on any atom is -0.448 e. The molecule has 0 unspecified atom stereocenters. The molecule has 0 spiro atoms. The van der Waals surface area contributed by atoms with Crippen molar-refractivity contribution in [3.8, 4) is 0 Å². The van der Waals surface area contributed by atoms with E-state index in [1.165, 1.54) is 0 Å². The van der Waals surface area contributed by atoms with Crippen molar-refractivity contribution in [1.29, 1.82) is 0 Å². The fraction of sp³-hybridized carbons (Fsp3) is 0.500. The van der Waals surface area contributed by atoms with Crippen LogP contribution in [0.15, 0.2) is 24.3 Å². The van der Waals surface area contributed by atoms with Gasteiger partial charge in [0.25, 0.3) is 5.91 Å². The van der Waals surface area contributed by atoms with Crippen LogP contribution in [0, 0.1) is 0 Å². The number of hydrogen-bond donors (Lipinski definition) is 1. The molecule has 3 rings (SSSR count). The number of fused-ring (bicyclic) bond motifs is 1. The van der Waals surface area contributed by atoms with E-state index in [1.54, 1.807) is 13.0 Å². The topological polar surface area (TPSA) is 75.3 Å². The van der Waals surface area contributed by atoms with Crippen molar-refractivity contribution in [3.05, 3.63) is 30.0 Å². The summed E-state index contributed by atoms with van der Waals surface area (Å²) in [6, 6.07) is 7.59. The third-order valence-electron chi connectivity index (χ3n) is 4.68. The number of aromatic nitrogens is 2. The summed E-state index contributed by atoms with van der Waals surface area (Å²) in [5, 5.41) is 7.53. The van der Waals surface area contributed by atoms with Gasteiger partial charge in [0.05, 0.1) is 5.52 Å². The molecule has 24 heavy (non-hydrogen) atoms. The second kappa shape index (κ2) is 7.03. The quantitative estimate of drug-likeness (QED) is 0.875. The molecule has 2 atom stereocenters. The number of hydrogen-bond acceptors (Lipinski definition) is 4. The highest BCUT2D eigenvalue weighted by Gasteiger charge is 2.31.